The minimum atomic E-state index is -3.87. The van der Waals surface area contributed by atoms with Gasteiger partial charge in [-0.1, -0.05) is 0 Å². The minimum absolute atomic E-state index is 0.201. The fourth-order valence-electron chi connectivity index (χ4n) is 2.29. The molecule has 0 unspecified atom stereocenters. The Labute approximate surface area is 116 Å². The fraction of sp³-hybridized carbons (Fsp3) is 0.417. The first-order chi connectivity index (χ1) is 9.37. The van der Waals surface area contributed by atoms with E-state index in [0.29, 0.717) is 12.8 Å². The van der Waals surface area contributed by atoms with Gasteiger partial charge in [-0.25, -0.2) is 13.2 Å². The van der Waals surface area contributed by atoms with Crippen molar-refractivity contribution in [1.29, 1.82) is 0 Å². The Morgan fingerprint density at radius 3 is 2.70 bits per heavy atom. The lowest BCUT2D eigenvalue weighted by Gasteiger charge is -2.22. The largest absolute Gasteiger partial charge is 0.507 e. The van der Waals surface area contributed by atoms with Gasteiger partial charge in [0.25, 0.3) is 0 Å². The molecule has 1 atom stereocenters. The van der Waals surface area contributed by atoms with Crippen LogP contribution in [0.5, 0.6) is 5.75 Å². The SMILES string of the molecule is O=C(O)c1cc(S(=O)(=O)N2CCC[C@@H]2CO)ccc1O. The maximum atomic E-state index is 12.4. The lowest BCUT2D eigenvalue weighted by molar-refractivity contribution is 0.0693. The number of hydrogen-bond donors (Lipinski definition) is 3. The molecule has 1 aliphatic rings. The van der Waals surface area contributed by atoms with Crippen molar-refractivity contribution in [2.75, 3.05) is 13.2 Å². The highest BCUT2D eigenvalue weighted by Crippen LogP contribution is 2.28. The molecule has 3 N–H and O–H groups in total. The first-order valence-electron chi connectivity index (χ1n) is 6.07. The average molecular weight is 301 g/mol. The van der Waals surface area contributed by atoms with E-state index in [0.717, 1.165) is 18.2 Å². The van der Waals surface area contributed by atoms with Gasteiger partial charge in [-0.15, -0.1) is 0 Å². The van der Waals surface area contributed by atoms with Gasteiger partial charge in [0.15, 0.2) is 0 Å². The third kappa shape index (κ3) is 2.49. The Hall–Kier alpha value is -1.64. The molecule has 1 fully saturated rings. The summed E-state index contributed by atoms with van der Waals surface area (Å²) in [5.41, 5.74) is -0.467. The van der Waals surface area contributed by atoms with Gasteiger partial charge in [-0.2, -0.15) is 4.31 Å². The van der Waals surface area contributed by atoms with E-state index in [2.05, 4.69) is 0 Å². The van der Waals surface area contributed by atoms with E-state index >= 15 is 0 Å². The number of aliphatic hydroxyl groups excluding tert-OH is 1. The second-order valence-electron chi connectivity index (χ2n) is 4.58. The van der Waals surface area contributed by atoms with Crippen molar-refractivity contribution in [3.8, 4) is 5.75 Å². The molecule has 20 heavy (non-hydrogen) atoms. The number of benzene rings is 1. The van der Waals surface area contributed by atoms with Gasteiger partial charge in [-0.05, 0) is 31.0 Å². The molecule has 0 spiro atoms. The summed E-state index contributed by atoms with van der Waals surface area (Å²) in [7, 11) is -3.87. The summed E-state index contributed by atoms with van der Waals surface area (Å²) in [6, 6.07) is 2.64. The molecule has 2 rings (SSSR count). The summed E-state index contributed by atoms with van der Waals surface area (Å²) < 4.78 is 26.0. The zero-order chi connectivity index (χ0) is 14.9. The third-order valence-electron chi connectivity index (χ3n) is 3.34. The standard InChI is InChI=1S/C12H15NO6S/c14-7-8-2-1-5-13(8)20(18,19)9-3-4-11(15)10(6-9)12(16)17/h3-4,6,8,14-15H,1-2,5,7H2,(H,16,17)/t8-/m1/s1. The number of carboxylic acids is 1. The molecular formula is C12H15NO6S. The molecule has 1 aliphatic heterocycles. The summed E-state index contributed by atoms with van der Waals surface area (Å²) in [5.74, 6) is -1.89. The molecule has 1 heterocycles. The van der Waals surface area contributed by atoms with Crippen LogP contribution in [0.4, 0.5) is 0 Å². The number of phenols is 1. The normalized spacial score (nSPS) is 20.1. The number of aromatic hydroxyl groups is 1. The molecule has 0 aliphatic carbocycles. The van der Waals surface area contributed by atoms with Crippen LogP contribution in [0.1, 0.15) is 23.2 Å². The molecule has 1 aromatic carbocycles. The van der Waals surface area contributed by atoms with E-state index < -0.39 is 33.3 Å². The molecule has 1 saturated heterocycles. The molecule has 0 radical (unpaired) electrons. The van der Waals surface area contributed by atoms with E-state index in [4.69, 9.17) is 5.11 Å². The van der Waals surface area contributed by atoms with Crippen molar-refractivity contribution in [1.82, 2.24) is 4.31 Å². The quantitative estimate of drug-likeness (QED) is 0.733. The van der Waals surface area contributed by atoms with Gasteiger partial charge in [-0.3, -0.25) is 0 Å². The van der Waals surface area contributed by atoms with Crippen LogP contribution >= 0.6 is 0 Å². The lowest BCUT2D eigenvalue weighted by atomic mass is 10.2. The van der Waals surface area contributed by atoms with Gasteiger partial charge >= 0.3 is 5.97 Å². The summed E-state index contributed by atoms with van der Waals surface area (Å²) in [6.07, 6.45) is 1.22. The van der Waals surface area contributed by atoms with Gasteiger partial charge in [0.2, 0.25) is 10.0 Å². The highest BCUT2D eigenvalue weighted by atomic mass is 32.2. The van der Waals surface area contributed by atoms with Crippen molar-refractivity contribution in [3.63, 3.8) is 0 Å². The molecule has 0 amide bonds. The third-order valence-corrected chi connectivity index (χ3v) is 5.29. The second kappa shape index (κ2) is 5.39. The molecule has 110 valence electrons. The van der Waals surface area contributed by atoms with Gasteiger partial charge in [0.1, 0.15) is 11.3 Å². The van der Waals surface area contributed by atoms with Crippen LogP contribution in [-0.2, 0) is 10.0 Å². The van der Waals surface area contributed by atoms with E-state index in [1.165, 1.54) is 4.31 Å². The van der Waals surface area contributed by atoms with Crippen molar-refractivity contribution >= 4 is 16.0 Å². The van der Waals surface area contributed by atoms with Crippen molar-refractivity contribution in [3.05, 3.63) is 23.8 Å². The monoisotopic (exact) mass is 301 g/mol. The summed E-state index contributed by atoms with van der Waals surface area (Å²) in [6.45, 7) is 0.0138. The average Bonchev–Trinajstić information content (AvgIpc) is 2.87. The molecule has 0 saturated carbocycles. The van der Waals surface area contributed by atoms with Gasteiger partial charge < -0.3 is 15.3 Å². The predicted molar refractivity (Wildman–Crippen MR) is 69.1 cm³/mol. The highest BCUT2D eigenvalue weighted by molar-refractivity contribution is 7.89. The van der Waals surface area contributed by atoms with E-state index in [1.54, 1.807) is 0 Å². The Kier molecular flexibility index (Phi) is 3.98. The van der Waals surface area contributed by atoms with E-state index in [9.17, 15) is 23.4 Å². The number of sulfonamides is 1. The number of carboxylic acid groups (broad SMARTS) is 1. The number of rotatable bonds is 4. The number of aromatic carboxylic acids is 1. The minimum Gasteiger partial charge on any atom is -0.507 e. The smallest absolute Gasteiger partial charge is 0.339 e. The van der Waals surface area contributed by atoms with Gasteiger partial charge in [0, 0.05) is 12.6 Å². The lowest BCUT2D eigenvalue weighted by Crippen LogP contribution is -2.37. The zero-order valence-corrected chi connectivity index (χ0v) is 11.4. The molecule has 8 heteroatoms. The molecule has 7 nitrogen and oxygen atoms in total. The maximum Gasteiger partial charge on any atom is 0.339 e. The summed E-state index contributed by atoms with van der Waals surface area (Å²) in [5, 5.41) is 27.5. The van der Waals surface area contributed by atoms with Gasteiger partial charge in [0.05, 0.1) is 11.5 Å². The van der Waals surface area contributed by atoms with E-state index in [-0.39, 0.29) is 18.0 Å². The highest BCUT2D eigenvalue weighted by Gasteiger charge is 2.35. The Morgan fingerprint density at radius 1 is 1.40 bits per heavy atom. The van der Waals surface area contributed by atoms with Crippen LogP contribution in [0, 0.1) is 0 Å². The number of aliphatic hydroxyl groups is 1. The Morgan fingerprint density at radius 2 is 2.10 bits per heavy atom. The van der Waals surface area contributed by atoms with Crippen LogP contribution in [0.25, 0.3) is 0 Å². The van der Waals surface area contributed by atoms with Crippen LogP contribution in [0.2, 0.25) is 0 Å². The first-order valence-corrected chi connectivity index (χ1v) is 7.51. The zero-order valence-electron chi connectivity index (χ0n) is 10.6. The Bertz CT molecular complexity index is 627. The molecule has 0 bridgehead atoms. The van der Waals surface area contributed by atoms with Crippen LogP contribution < -0.4 is 0 Å². The van der Waals surface area contributed by atoms with Crippen molar-refractivity contribution in [2.24, 2.45) is 0 Å². The number of carbonyl (C=O) groups is 1. The maximum absolute atomic E-state index is 12.4. The fourth-order valence-corrected chi connectivity index (χ4v) is 4.00. The number of nitrogens with zero attached hydrogens (tertiary/aromatic N) is 1. The summed E-state index contributed by atoms with van der Waals surface area (Å²) in [4.78, 5) is 10.7. The van der Waals surface area contributed by atoms with Crippen molar-refractivity contribution in [2.45, 2.75) is 23.8 Å². The second-order valence-corrected chi connectivity index (χ2v) is 6.47. The molecule has 0 aromatic heterocycles. The summed E-state index contributed by atoms with van der Waals surface area (Å²) >= 11 is 0. The van der Waals surface area contributed by atoms with E-state index in [1.807, 2.05) is 0 Å². The molecular weight excluding hydrogens is 286 g/mol. The van der Waals surface area contributed by atoms with Crippen LogP contribution in [-0.4, -0.2) is 53.2 Å². The predicted octanol–water partition coefficient (Wildman–Crippen LogP) is 0.236. The number of hydrogen-bond acceptors (Lipinski definition) is 5. The van der Waals surface area contributed by atoms with Crippen LogP contribution in [0.3, 0.4) is 0 Å². The topological polar surface area (TPSA) is 115 Å². The van der Waals surface area contributed by atoms with Crippen LogP contribution in [0.15, 0.2) is 23.1 Å². The Balaban J connectivity index is 2.44. The molecule has 1 aromatic rings. The first kappa shape index (κ1) is 14.8. The van der Waals surface area contributed by atoms with Crippen molar-refractivity contribution < 1.29 is 28.5 Å².